The third-order valence-corrected chi connectivity index (χ3v) is 3.22. The van der Waals surface area contributed by atoms with Gasteiger partial charge in [-0.1, -0.05) is 30.3 Å². The molecule has 0 aliphatic carbocycles. The van der Waals surface area contributed by atoms with Gasteiger partial charge >= 0.3 is 0 Å². The zero-order valence-corrected chi connectivity index (χ0v) is 11.1. The Hall–Kier alpha value is -1.88. The molecule has 0 aliphatic rings. The van der Waals surface area contributed by atoms with Crippen LogP contribution in [0.5, 0.6) is 0 Å². The number of anilines is 1. The van der Waals surface area contributed by atoms with Crippen LogP contribution in [0.3, 0.4) is 0 Å². The van der Waals surface area contributed by atoms with Gasteiger partial charge in [0.25, 0.3) is 5.69 Å². The molecule has 2 rings (SSSR count). The van der Waals surface area contributed by atoms with Crippen LogP contribution >= 0.6 is 15.9 Å². The van der Waals surface area contributed by atoms with Gasteiger partial charge in [-0.3, -0.25) is 10.1 Å². The van der Waals surface area contributed by atoms with Gasteiger partial charge in [-0.05, 0) is 28.1 Å². The molecule has 0 radical (unpaired) electrons. The Kier molecular flexibility index (Phi) is 3.94. The molecule has 0 fully saturated rings. The number of hydrogen-bond donors (Lipinski definition) is 1. The summed E-state index contributed by atoms with van der Waals surface area (Å²) in [7, 11) is 0. The van der Waals surface area contributed by atoms with Gasteiger partial charge < -0.3 is 5.32 Å². The molecular weight excluding hydrogens is 296 g/mol. The van der Waals surface area contributed by atoms with Crippen LogP contribution in [-0.2, 0) is 6.54 Å². The highest BCUT2D eigenvalue weighted by Gasteiger charge is 2.11. The van der Waals surface area contributed by atoms with E-state index in [0.29, 0.717) is 12.1 Å². The van der Waals surface area contributed by atoms with Crippen LogP contribution in [0.4, 0.5) is 11.4 Å². The molecule has 0 amide bonds. The maximum atomic E-state index is 10.9. The van der Waals surface area contributed by atoms with Gasteiger partial charge in [0.1, 0.15) is 0 Å². The van der Waals surface area contributed by atoms with Crippen LogP contribution in [0.25, 0.3) is 0 Å². The lowest BCUT2D eigenvalue weighted by molar-refractivity contribution is -0.385. The van der Waals surface area contributed by atoms with Crippen molar-refractivity contribution in [1.29, 1.82) is 0 Å². The highest BCUT2D eigenvalue weighted by atomic mass is 79.9. The summed E-state index contributed by atoms with van der Waals surface area (Å²) in [6.07, 6.45) is 0. The predicted molar refractivity (Wildman–Crippen MR) is 74.6 cm³/mol. The Bertz CT molecular complexity index is 572. The van der Waals surface area contributed by atoms with Gasteiger partial charge in [0.15, 0.2) is 0 Å². The first-order valence-electron chi connectivity index (χ1n) is 5.39. The number of nitrogens with one attached hydrogen (secondary N) is 1. The van der Waals surface area contributed by atoms with Crippen molar-refractivity contribution in [3.05, 3.63) is 68.7 Å². The SMILES string of the molecule is O=[N+]([O-])c1ccccc1CNc1ccccc1Br. The van der Waals surface area contributed by atoms with Crippen molar-refractivity contribution >= 4 is 27.3 Å². The smallest absolute Gasteiger partial charge is 0.274 e. The normalized spacial score (nSPS) is 10.1. The van der Waals surface area contributed by atoms with Crippen LogP contribution in [-0.4, -0.2) is 4.92 Å². The molecule has 0 heterocycles. The highest BCUT2D eigenvalue weighted by Crippen LogP contribution is 2.24. The van der Waals surface area contributed by atoms with E-state index in [0.717, 1.165) is 10.2 Å². The minimum atomic E-state index is -0.364. The van der Waals surface area contributed by atoms with Crippen molar-refractivity contribution in [1.82, 2.24) is 0 Å². The first-order chi connectivity index (χ1) is 8.68. The molecule has 0 unspecified atom stereocenters. The molecule has 4 nitrogen and oxygen atoms in total. The zero-order valence-electron chi connectivity index (χ0n) is 9.47. The van der Waals surface area contributed by atoms with E-state index >= 15 is 0 Å². The summed E-state index contributed by atoms with van der Waals surface area (Å²) >= 11 is 3.42. The molecule has 5 heteroatoms. The molecule has 0 bridgehead atoms. The van der Waals surface area contributed by atoms with Crippen LogP contribution in [0.1, 0.15) is 5.56 Å². The Morgan fingerprint density at radius 3 is 2.50 bits per heavy atom. The molecule has 92 valence electrons. The van der Waals surface area contributed by atoms with Gasteiger partial charge in [-0.2, -0.15) is 0 Å². The molecule has 0 saturated carbocycles. The lowest BCUT2D eigenvalue weighted by atomic mass is 10.2. The monoisotopic (exact) mass is 306 g/mol. The Morgan fingerprint density at radius 2 is 1.78 bits per heavy atom. The standard InChI is InChI=1S/C13H11BrN2O2/c14-11-6-2-3-7-12(11)15-9-10-5-1-4-8-13(10)16(17)18/h1-8,15H,9H2. The summed E-state index contributed by atoms with van der Waals surface area (Å²) in [6.45, 7) is 0.416. The first kappa shape index (κ1) is 12.6. The maximum absolute atomic E-state index is 10.9. The van der Waals surface area contributed by atoms with Crippen molar-refractivity contribution in [2.45, 2.75) is 6.54 Å². The Labute approximate surface area is 113 Å². The average Bonchev–Trinajstić information content (AvgIpc) is 2.38. The van der Waals surface area contributed by atoms with Gasteiger partial charge in [0.05, 0.1) is 4.92 Å². The van der Waals surface area contributed by atoms with E-state index in [2.05, 4.69) is 21.2 Å². The summed E-state index contributed by atoms with van der Waals surface area (Å²) in [5.74, 6) is 0. The Balaban J connectivity index is 2.16. The minimum absolute atomic E-state index is 0.136. The summed E-state index contributed by atoms with van der Waals surface area (Å²) in [5, 5.41) is 14.0. The van der Waals surface area contributed by atoms with Crippen molar-refractivity contribution in [3.8, 4) is 0 Å². The largest absolute Gasteiger partial charge is 0.380 e. The topological polar surface area (TPSA) is 55.2 Å². The number of rotatable bonds is 4. The van der Waals surface area contributed by atoms with Crippen molar-refractivity contribution in [3.63, 3.8) is 0 Å². The molecule has 0 spiro atoms. The van der Waals surface area contributed by atoms with Gasteiger partial charge in [0.2, 0.25) is 0 Å². The van der Waals surface area contributed by atoms with E-state index in [1.807, 2.05) is 24.3 Å². The highest BCUT2D eigenvalue weighted by molar-refractivity contribution is 9.10. The molecular formula is C13H11BrN2O2. The quantitative estimate of drug-likeness (QED) is 0.687. The van der Waals surface area contributed by atoms with Crippen molar-refractivity contribution < 1.29 is 4.92 Å². The van der Waals surface area contributed by atoms with Gasteiger partial charge in [-0.15, -0.1) is 0 Å². The number of halogens is 1. The summed E-state index contributed by atoms with van der Waals surface area (Å²) in [6, 6.07) is 14.4. The first-order valence-corrected chi connectivity index (χ1v) is 6.18. The number of nitro groups is 1. The zero-order chi connectivity index (χ0) is 13.0. The second-order valence-corrected chi connectivity index (χ2v) is 4.57. The maximum Gasteiger partial charge on any atom is 0.274 e. The summed E-state index contributed by atoms with van der Waals surface area (Å²) in [5.41, 5.74) is 1.71. The lowest BCUT2D eigenvalue weighted by Gasteiger charge is -2.08. The molecule has 18 heavy (non-hydrogen) atoms. The second-order valence-electron chi connectivity index (χ2n) is 3.72. The fourth-order valence-corrected chi connectivity index (χ4v) is 2.06. The number of hydrogen-bond acceptors (Lipinski definition) is 3. The fraction of sp³-hybridized carbons (Fsp3) is 0.0769. The average molecular weight is 307 g/mol. The lowest BCUT2D eigenvalue weighted by Crippen LogP contribution is -2.03. The number of nitro benzene ring substituents is 1. The molecule has 1 N–H and O–H groups in total. The second kappa shape index (κ2) is 5.64. The minimum Gasteiger partial charge on any atom is -0.380 e. The van der Waals surface area contributed by atoms with E-state index < -0.39 is 0 Å². The molecule has 0 aliphatic heterocycles. The van der Waals surface area contributed by atoms with E-state index in [9.17, 15) is 10.1 Å². The molecule has 2 aromatic carbocycles. The fourth-order valence-electron chi connectivity index (χ4n) is 1.63. The van der Waals surface area contributed by atoms with Crippen LogP contribution in [0.15, 0.2) is 53.0 Å². The van der Waals surface area contributed by atoms with E-state index in [1.54, 1.807) is 18.2 Å². The molecule has 0 aromatic heterocycles. The van der Waals surface area contributed by atoms with E-state index in [-0.39, 0.29) is 10.6 Å². The van der Waals surface area contributed by atoms with E-state index in [4.69, 9.17) is 0 Å². The number of para-hydroxylation sites is 2. The van der Waals surface area contributed by atoms with Gasteiger partial charge in [-0.25, -0.2) is 0 Å². The number of nitrogens with zero attached hydrogens (tertiary/aromatic N) is 1. The predicted octanol–water partition coefficient (Wildman–Crippen LogP) is 3.97. The Morgan fingerprint density at radius 1 is 1.11 bits per heavy atom. The summed E-state index contributed by atoms with van der Waals surface area (Å²) < 4.78 is 0.934. The third-order valence-electron chi connectivity index (χ3n) is 2.53. The number of benzene rings is 2. The third kappa shape index (κ3) is 2.87. The van der Waals surface area contributed by atoms with E-state index in [1.165, 1.54) is 6.07 Å². The van der Waals surface area contributed by atoms with Crippen LogP contribution in [0.2, 0.25) is 0 Å². The van der Waals surface area contributed by atoms with Crippen molar-refractivity contribution in [2.24, 2.45) is 0 Å². The molecule has 0 saturated heterocycles. The van der Waals surface area contributed by atoms with Crippen molar-refractivity contribution in [2.75, 3.05) is 5.32 Å². The molecule has 2 aromatic rings. The van der Waals surface area contributed by atoms with Crippen LogP contribution < -0.4 is 5.32 Å². The summed E-state index contributed by atoms with van der Waals surface area (Å²) in [4.78, 5) is 10.5. The van der Waals surface area contributed by atoms with Crippen LogP contribution in [0, 0.1) is 10.1 Å². The van der Waals surface area contributed by atoms with Gasteiger partial charge in [0, 0.05) is 28.3 Å². The molecule has 0 atom stereocenters.